The van der Waals surface area contributed by atoms with Crippen molar-refractivity contribution in [3.63, 3.8) is 0 Å². The second-order valence-electron chi connectivity index (χ2n) is 4.88. The van der Waals surface area contributed by atoms with Crippen molar-refractivity contribution in [1.82, 2.24) is 14.8 Å². The predicted molar refractivity (Wildman–Crippen MR) is 70.3 cm³/mol. The standard InChI is InChI=1S/C14H12F3N3O/c1-8-10(13-19-18-7-20(13)2)6-9-4-3-5-11(12(8)9)21-14(15,16)17/h3-5,7H,6H2,1-2H3. The Labute approximate surface area is 118 Å². The number of benzene rings is 1. The maximum atomic E-state index is 12.5. The van der Waals surface area contributed by atoms with Crippen LogP contribution in [0, 0.1) is 0 Å². The molecule has 1 aliphatic carbocycles. The highest BCUT2D eigenvalue weighted by molar-refractivity contribution is 5.96. The molecule has 0 saturated carbocycles. The minimum absolute atomic E-state index is 0.172. The number of nitrogens with zero attached hydrogens (tertiary/aromatic N) is 3. The van der Waals surface area contributed by atoms with Crippen molar-refractivity contribution < 1.29 is 17.9 Å². The number of hydrogen-bond donors (Lipinski definition) is 0. The molecular weight excluding hydrogens is 283 g/mol. The lowest BCUT2D eigenvalue weighted by molar-refractivity contribution is -0.274. The fourth-order valence-electron chi connectivity index (χ4n) is 2.64. The molecule has 0 N–H and O–H groups in total. The van der Waals surface area contributed by atoms with Gasteiger partial charge >= 0.3 is 6.36 Å². The van der Waals surface area contributed by atoms with Crippen molar-refractivity contribution in [1.29, 1.82) is 0 Å². The minimum atomic E-state index is -4.71. The van der Waals surface area contributed by atoms with Crippen LogP contribution in [0.25, 0.3) is 11.1 Å². The fraction of sp³-hybridized carbons (Fsp3) is 0.286. The molecule has 0 aliphatic heterocycles. The van der Waals surface area contributed by atoms with E-state index < -0.39 is 6.36 Å². The molecule has 0 atom stereocenters. The van der Waals surface area contributed by atoms with Crippen LogP contribution in [0.1, 0.15) is 23.9 Å². The highest BCUT2D eigenvalue weighted by Gasteiger charge is 2.34. The Morgan fingerprint density at radius 3 is 2.67 bits per heavy atom. The van der Waals surface area contributed by atoms with Gasteiger partial charge in [-0.2, -0.15) is 0 Å². The first-order valence-electron chi connectivity index (χ1n) is 6.29. The largest absolute Gasteiger partial charge is 0.573 e. The Hall–Kier alpha value is -2.31. The van der Waals surface area contributed by atoms with E-state index in [-0.39, 0.29) is 5.75 Å². The van der Waals surface area contributed by atoms with Gasteiger partial charge in [-0.3, -0.25) is 0 Å². The number of alkyl halides is 3. The van der Waals surface area contributed by atoms with Gasteiger partial charge in [-0.25, -0.2) is 0 Å². The maximum Gasteiger partial charge on any atom is 0.573 e. The molecule has 110 valence electrons. The van der Waals surface area contributed by atoms with Crippen LogP contribution in [0.5, 0.6) is 5.75 Å². The van der Waals surface area contributed by atoms with E-state index in [2.05, 4.69) is 14.9 Å². The smallest absolute Gasteiger partial charge is 0.405 e. The second-order valence-corrected chi connectivity index (χ2v) is 4.88. The molecule has 0 bridgehead atoms. The van der Waals surface area contributed by atoms with E-state index >= 15 is 0 Å². The molecule has 0 saturated heterocycles. The third kappa shape index (κ3) is 2.39. The van der Waals surface area contributed by atoms with E-state index in [0.717, 1.165) is 16.7 Å². The van der Waals surface area contributed by atoms with Gasteiger partial charge in [-0.05, 0) is 24.1 Å². The van der Waals surface area contributed by atoms with Crippen LogP contribution in [0.4, 0.5) is 13.2 Å². The van der Waals surface area contributed by atoms with Gasteiger partial charge in [0, 0.05) is 24.6 Å². The molecule has 1 aromatic heterocycles. The van der Waals surface area contributed by atoms with Gasteiger partial charge in [0.25, 0.3) is 0 Å². The summed E-state index contributed by atoms with van der Waals surface area (Å²) >= 11 is 0. The normalized spacial score (nSPS) is 14.5. The first-order valence-corrected chi connectivity index (χ1v) is 6.29. The SMILES string of the molecule is CC1=C(c2nncn2C)Cc2cccc(OC(F)(F)F)c21. The van der Waals surface area contributed by atoms with Crippen LogP contribution < -0.4 is 4.74 Å². The average molecular weight is 295 g/mol. The Morgan fingerprint density at radius 2 is 2.05 bits per heavy atom. The molecule has 0 unspecified atom stereocenters. The maximum absolute atomic E-state index is 12.5. The van der Waals surface area contributed by atoms with Crippen LogP contribution in [-0.4, -0.2) is 21.1 Å². The number of aryl methyl sites for hydroxylation is 1. The molecule has 0 radical (unpaired) electrons. The second kappa shape index (κ2) is 4.61. The van der Waals surface area contributed by atoms with Crippen LogP contribution in [0.2, 0.25) is 0 Å². The van der Waals surface area contributed by atoms with E-state index in [9.17, 15) is 13.2 Å². The van der Waals surface area contributed by atoms with Crippen molar-refractivity contribution in [3.05, 3.63) is 41.5 Å². The molecule has 3 rings (SSSR count). The molecule has 2 aromatic rings. The number of aromatic nitrogens is 3. The monoisotopic (exact) mass is 295 g/mol. The molecule has 7 heteroatoms. The molecule has 1 aromatic carbocycles. The van der Waals surface area contributed by atoms with E-state index in [1.807, 2.05) is 0 Å². The number of fused-ring (bicyclic) bond motifs is 1. The highest BCUT2D eigenvalue weighted by atomic mass is 19.4. The zero-order chi connectivity index (χ0) is 15.2. The molecular formula is C14H12F3N3O. The van der Waals surface area contributed by atoms with Gasteiger partial charge in [0.1, 0.15) is 12.1 Å². The topological polar surface area (TPSA) is 39.9 Å². The number of halogens is 3. The predicted octanol–water partition coefficient (Wildman–Crippen LogP) is 3.20. The first kappa shape index (κ1) is 13.7. The van der Waals surface area contributed by atoms with Gasteiger partial charge in [-0.15, -0.1) is 23.4 Å². The Morgan fingerprint density at radius 1 is 1.29 bits per heavy atom. The van der Waals surface area contributed by atoms with Crippen LogP contribution in [-0.2, 0) is 13.5 Å². The minimum Gasteiger partial charge on any atom is -0.405 e. The zero-order valence-electron chi connectivity index (χ0n) is 11.4. The van der Waals surface area contributed by atoms with Crippen LogP contribution in [0.3, 0.4) is 0 Å². The lowest BCUT2D eigenvalue weighted by Crippen LogP contribution is -2.18. The van der Waals surface area contributed by atoms with Crippen molar-refractivity contribution >= 4 is 11.1 Å². The summed E-state index contributed by atoms with van der Waals surface area (Å²) in [6.07, 6.45) is -2.63. The van der Waals surface area contributed by atoms with Crippen molar-refractivity contribution in [2.75, 3.05) is 0 Å². The average Bonchev–Trinajstić information content (AvgIpc) is 2.92. The molecule has 21 heavy (non-hydrogen) atoms. The third-order valence-corrected chi connectivity index (χ3v) is 3.51. The summed E-state index contributed by atoms with van der Waals surface area (Å²) in [5, 5.41) is 7.84. The van der Waals surface area contributed by atoms with Gasteiger partial charge in [0.05, 0.1) is 0 Å². The summed E-state index contributed by atoms with van der Waals surface area (Å²) in [5.41, 5.74) is 2.89. The number of hydrogen-bond acceptors (Lipinski definition) is 3. The van der Waals surface area contributed by atoms with Gasteiger partial charge in [-0.1, -0.05) is 12.1 Å². The van der Waals surface area contributed by atoms with Gasteiger partial charge < -0.3 is 9.30 Å². The fourth-order valence-corrected chi connectivity index (χ4v) is 2.64. The quantitative estimate of drug-likeness (QED) is 0.854. The summed E-state index contributed by atoms with van der Waals surface area (Å²) < 4.78 is 43.4. The van der Waals surface area contributed by atoms with E-state index in [1.54, 1.807) is 37.0 Å². The zero-order valence-corrected chi connectivity index (χ0v) is 11.4. The summed E-state index contributed by atoms with van der Waals surface area (Å²) in [4.78, 5) is 0. The summed E-state index contributed by atoms with van der Waals surface area (Å²) in [5.74, 6) is 0.483. The van der Waals surface area contributed by atoms with Crippen molar-refractivity contribution in [2.24, 2.45) is 7.05 Å². The molecule has 0 fully saturated rings. The highest BCUT2D eigenvalue weighted by Crippen LogP contribution is 2.43. The number of ether oxygens (including phenoxy) is 1. The Balaban J connectivity index is 2.09. The van der Waals surface area contributed by atoms with E-state index in [4.69, 9.17) is 0 Å². The Bertz CT molecular complexity index is 731. The van der Waals surface area contributed by atoms with Crippen LogP contribution in [0.15, 0.2) is 24.5 Å². The van der Waals surface area contributed by atoms with Gasteiger partial charge in [0.15, 0.2) is 5.82 Å². The van der Waals surface area contributed by atoms with E-state index in [0.29, 0.717) is 17.8 Å². The van der Waals surface area contributed by atoms with Crippen molar-refractivity contribution in [3.8, 4) is 5.75 Å². The van der Waals surface area contributed by atoms with Gasteiger partial charge in [0.2, 0.25) is 0 Å². The lowest BCUT2D eigenvalue weighted by atomic mass is 10.1. The summed E-state index contributed by atoms with van der Waals surface area (Å²) in [6, 6.07) is 4.69. The summed E-state index contributed by atoms with van der Waals surface area (Å²) in [6.45, 7) is 1.78. The summed E-state index contributed by atoms with van der Waals surface area (Å²) in [7, 11) is 1.80. The van der Waals surface area contributed by atoms with Crippen LogP contribution >= 0.6 is 0 Å². The molecule has 1 aliphatic rings. The molecule has 4 nitrogen and oxygen atoms in total. The molecule has 0 spiro atoms. The number of rotatable bonds is 2. The molecule has 0 amide bonds. The van der Waals surface area contributed by atoms with E-state index in [1.165, 1.54) is 6.07 Å². The molecule has 1 heterocycles. The van der Waals surface area contributed by atoms with Crippen molar-refractivity contribution in [2.45, 2.75) is 19.7 Å². The number of allylic oxidation sites excluding steroid dienone is 2. The Kier molecular flexibility index (Phi) is 3.00. The first-order chi connectivity index (χ1) is 9.87. The third-order valence-electron chi connectivity index (χ3n) is 3.51. The lowest BCUT2D eigenvalue weighted by Gasteiger charge is -2.13.